The highest BCUT2D eigenvalue weighted by atomic mass is 16.5. The Morgan fingerprint density at radius 2 is 1.90 bits per heavy atom. The van der Waals surface area contributed by atoms with E-state index in [9.17, 15) is 9.90 Å². The van der Waals surface area contributed by atoms with Crippen molar-refractivity contribution in [3.63, 3.8) is 0 Å². The minimum absolute atomic E-state index is 0.219. The van der Waals surface area contributed by atoms with Crippen LogP contribution in [0.4, 0.5) is 0 Å². The Morgan fingerprint density at radius 1 is 1.29 bits per heavy atom. The number of carboxylic acids is 1. The van der Waals surface area contributed by atoms with E-state index in [2.05, 4.69) is 4.98 Å². The summed E-state index contributed by atoms with van der Waals surface area (Å²) < 4.78 is 17.2. The fraction of sp³-hybridized carbons (Fsp3) is 0.429. The van der Waals surface area contributed by atoms with E-state index in [1.165, 1.54) is 21.3 Å². The van der Waals surface area contributed by atoms with Crippen molar-refractivity contribution in [3.05, 3.63) is 18.0 Å². The van der Waals surface area contributed by atoms with Gasteiger partial charge in [0.1, 0.15) is 18.5 Å². The van der Waals surface area contributed by atoms with E-state index in [1.807, 2.05) is 0 Å². The van der Waals surface area contributed by atoms with E-state index in [-0.39, 0.29) is 6.61 Å². The van der Waals surface area contributed by atoms with Crippen molar-refractivity contribution in [2.45, 2.75) is 19.6 Å². The molecule has 1 atom stereocenters. The molecule has 7 heteroatoms. The molecule has 114 valence electrons. The van der Waals surface area contributed by atoms with Crippen LogP contribution < -0.4 is 9.47 Å². The second kappa shape index (κ2) is 6.01. The summed E-state index contributed by atoms with van der Waals surface area (Å²) >= 11 is 0. The lowest BCUT2D eigenvalue weighted by atomic mass is 10.2. The Bertz CT molecular complexity index is 665. The maximum Gasteiger partial charge on any atom is 0.326 e. The van der Waals surface area contributed by atoms with Gasteiger partial charge in [0.15, 0.2) is 11.5 Å². The van der Waals surface area contributed by atoms with Crippen LogP contribution in [0.2, 0.25) is 0 Å². The van der Waals surface area contributed by atoms with Crippen LogP contribution in [0.5, 0.6) is 11.5 Å². The lowest BCUT2D eigenvalue weighted by molar-refractivity contribution is -0.140. The molecule has 0 amide bonds. The first kappa shape index (κ1) is 15.1. The number of carbonyl (C=O) groups is 1. The van der Waals surface area contributed by atoms with Crippen LogP contribution in [0.15, 0.2) is 12.1 Å². The van der Waals surface area contributed by atoms with Crippen molar-refractivity contribution < 1.29 is 24.1 Å². The van der Waals surface area contributed by atoms with Gasteiger partial charge in [-0.3, -0.25) is 0 Å². The number of imidazole rings is 1. The SMILES string of the molecule is COCc1nc2cc(OC)c(OC)cc2n1C(C)C(=O)O. The van der Waals surface area contributed by atoms with Crippen LogP contribution in [-0.2, 0) is 16.1 Å². The van der Waals surface area contributed by atoms with Gasteiger partial charge in [0.2, 0.25) is 0 Å². The van der Waals surface area contributed by atoms with Crippen LogP contribution >= 0.6 is 0 Å². The highest BCUT2D eigenvalue weighted by Gasteiger charge is 2.22. The smallest absolute Gasteiger partial charge is 0.326 e. The molecule has 0 saturated heterocycles. The molecule has 2 rings (SSSR count). The van der Waals surface area contributed by atoms with E-state index >= 15 is 0 Å². The van der Waals surface area contributed by atoms with Gasteiger partial charge in [0.05, 0.1) is 25.3 Å². The summed E-state index contributed by atoms with van der Waals surface area (Å²) in [5.74, 6) is 0.661. The lowest BCUT2D eigenvalue weighted by Gasteiger charge is -2.14. The maximum absolute atomic E-state index is 11.3. The third kappa shape index (κ3) is 2.64. The number of fused-ring (bicyclic) bond motifs is 1. The monoisotopic (exact) mass is 294 g/mol. The quantitative estimate of drug-likeness (QED) is 0.875. The predicted octanol–water partition coefficient (Wildman–Crippen LogP) is 1.85. The van der Waals surface area contributed by atoms with Crippen molar-refractivity contribution in [1.82, 2.24) is 9.55 Å². The summed E-state index contributed by atoms with van der Waals surface area (Å²) in [6, 6.07) is 2.68. The molecule has 0 radical (unpaired) electrons. The van der Waals surface area contributed by atoms with Gasteiger partial charge in [-0.05, 0) is 6.92 Å². The molecule has 2 aromatic rings. The average molecular weight is 294 g/mol. The van der Waals surface area contributed by atoms with Crippen LogP contribution in [0.1, 0.15) is 18.8 Å². The van der Waals surface area contributed by atoms with Crippen LogP contribution in [0.3, 0.4) is 0 Å². The molecule has 0 spiro atoms. The Balaban J connectivity index is 2.72. The number of benzene rings is 1. The minimum atomic E-state index is -0.943. The minimum Gasteiger partial charge on any atom is -0.493 e. The van der Waals surface area contributed by atoms with E-state index in [0.717, 1.165) is 0 Å². The zero-order valence-electron chi connectivity index (χ0n) is 12.4. The van der Waals surface area contributed by atoms with E-state index in [0.29, 0.717) is 28.4 Å². The average Bonchev–Trinajstić information content (AvgIpc) is 2.81. The highest BCUT2D eigenvalue weighted by molar-refractivity contribution is 5.83. The molecule has 21 heavy (non-hydrogen) atoms. The summed E-state index contributed by atoms with van der Waals surface area (Å²) in [4.78, 5) is 15.8. The molecule has 0 aliphatic carbocycles. The number of aliphatic carboxylic acids is 1. The fourth-order valence-electron chi connectivity index (χ4n) is 2.25. The topological polar surface area (TPSA) is 82.8 Å². The van der Waals surface area contributed by atoms with Gasteiger partial charge >= 0.3 is 5.97 Å². The van der Waals surface area contributed by atoms with Gasteiger partial charge in [0.25, 0.3) is 0 Å². The normalized spacial score (nSPS) is 12.4. The molecule has 0 saturated carbocycles. The first-order valence-electron chi connectivity index (χ1n) is 6.38. The molecule has 0 aliphatic heterocycles. The molecule has 1 aromatic heterocycles. The summed E-state index contributed by atoms with van der Waals surface area (Å²) in [5, 5.41) is 9.29. The number of carboxylic acid groups (broad SMARTS) is 1. The van der Waals surface area contributed by atoms with E-state index in [1.54, 1.807) is 23.6 Å². The second-order valence-corrected chi connectivity index (χ2v) is 4.54. The van der Waals surface area contributed by atoms with Gasteiger partial charge in [-0.25, -0.2) is 9.78 Å². The van der Waals surface area contributed by atoms with Crippen molar-refractivity contribution in [2.24, 2.45) is 0 Å². The van der Waals surface area contributed by atoms with Crippen LogP contribution in [0.25, 0.3) is 11.0 Å². The van der Waals surface area contributed by atoms with Crippen molar-refractivity contribution in [1.29, 1.82) is 0 Å². The van der Waals surface area contributed by atoms with Crippen molar-refractivity contribution in [2.75, 3.05) is 21.3 Å². The number of aromatic nitrogens is 2. The molecule has 0 bridgehead atoms. The Hall–Kier alpha value is -2.28. The lowest BCUT2D eigenvalue weighted by Crippen LogP contribution is -2.18. The molecule has 0 aliphatic rings. The zero-order valence-corrected chi connectivity index (χ0v) is 12.4. The molecule has 1 heterocycles. The number of hydrogen-bond acceptors (Lipinski definition) is 5. The largest absolute Gasteiger partial charge is 0.493 e. The first-order valence-corrected chi connectivity index (χ1v) is 6.38. The Kier molecular flexibility index (Phi) is 4.32. The van der Waals surface area contributed by atoms with Gasteiger partial charge in [-0.1, -0.05) is 0 Å². The maximum atomic E-state index is 11.3. The molecule has 0 fully saturated rings. The number of hydrogen-bond donors (Lipinski definition) is 1. The summed E-state index contributed by atoms with van der Waals surface area (Å²) in [6.07, 6.45) is 0. The van der Waals surface area contributed by atoms with E-state index in [4.69, 9.17) is 14.2 Å². The first-order chi connectivity index (χ1) is 10.0. The molecular formula is C14H18N2O5. The van der Waals surface area contributed by atoms with Crippen molar-refractivity contribution >= 4 is 17.0 Å². The second-order valence-electron chi connectivity index (χ2n) is 4.54. The molecular weight excluding hydrogens is 276 g/mol. The Morgan fingerprint density at radius 3 is 2.43 bits per heavy atom. The highest BCUT2D eigenvalue weighted by Crippen LogP contribution is 2.33. The summed E-state index contributed by atoms with van der Waals surface area (Å²) in [6.45, 7) is 1.82. The van der Waals surface area contributed by atoms with Gasteiger partial charge in [0, 0.05) is 19.2 Å². The molecule has 7 nitrogen and oxygen atoms in total. The van der Waals surface area contributed by atoms with Gasteiger partial charge < -0.3 is 23.9 Å². The van der Waals surface area contributed by atoms with Gasteiger partial charge in [-0.2, -0.15) is 0 Å². The summed E-state index contributed by atoms with van der Waals surface area (Å²) in [5.41, 5.74) is 1.29. The molecule has 1 aromatic carbocycles. The Labute approximate surface area is 122 Å². The zero-order chi connectivity index (χ0) is 15.6. The number of nitrogens with zero attached hydrogens (tertiary/aromatic N) is 2. The third-order valence-electron chi connectivity index (χ3n) is 3.29. The standard InChI is InChI=1S/C14H18N2O5/c1-8(14(17)18)16-10-6-12(21-4)11(20-3)5-9(10)15-13(16)7-19-2/h5-6,8H,7H2,1-4H3,(H,17,18). The molecule has 1 N–H and O–H groups in total. The van der Waals surface area contributed by atoms with Crippen molar-refractivity contribution in [3.8, 4) is 11.5 Å². The number of rotatable bonds is 6. The number of ether oxygens (including phenoxy) is 3. The molecule has 1 unspecified atom stereocenters. The fourth-order valence-corrected chi connectivity index (χ4v) is 2.25. The summed E-state index contributed by atoms with van der Waals surface area (Å²) in [7, 11) is 4.61. The number of methoxy groups -OCH3 is 3. The van der Waals surface area contributed by atoms with E-state index < -0.39 is 12.0 Å². The van der Waals surface area contributed by atoms with Gasteiger partial charge in [-0.15, -0.1) is 0 Å². The van der Waals surface area contributed by atoms with Crippen LogP contribution in [0, 0.1) is 0 Å². The third-order valence-corrected chi connectivity index (χ3v) is 3.29. The predicted molar refractivity (Wildman–Crippen MR) is 75.9 cm³/mol. The van der Waals surface area contributed by atoms with Crippen LogP contribution in [-0.4, -0.2) is 42.0 Å².